The number of nitrogens with zero attached hydrogens (tertiary/aromatic N) is 3. The largest absolute Gasteiger partial charge is 0.455 e. The second-order valence-electron chi connectivity index (χ2n) is 17.5. The SMILES string of the molecule is c1ccc(-c2ccc(-c3nc(-c4ccc5cc(-c6c7ccccc7cc7oc8c(ccc9c%10ccccc%10c%10ccccc%10c98)c67)ccc5c4)nc(-c4cccc5ccccc45)n3)cc2)cc1. The minimum Gasteiger partial charge on any atom is -0.455 e. The van der Waals surface area contributed by atoms with E-state index in [4.69, 9.17) is 19.4 Å². The summed E-state index contributed by atoms with van der Waals surface area (Å²) in [5.41, 5.74) is 9.23. The Bertz CT molecular complexity index is 4280. The van der Waals surface area contributed by atoms with E-state index in [-0.39, 0.29) is 0 Å². The molecule has 0 saturated heterocycles. The topological polar surface area (TPSA) is 51.8 Å². The lowest BCUT2D eigenvalue weighted by molar-refractivity contribution is 0.673. The van der Waals surface area contributed by atoms with E-state index in [9.17, 15) is 0 Å². The molecule has 0 aliphatic carbocycles. The molecule has 4 nitrogen and oxygen atoms in total. The Labute approximate surface area is 385 Å². The van der Waals surface area contributed by atoms with Crippen LogP contribution < -0.4 is 0 Å². The molecule has 0 aliphatic heterocycles. The Morgan fingerprint density at radius 1 is 0.269 bits per heavy atom. The molecule has 0 N–H and O–H groups in total. The molecule has 67 heavy (non-hydrogen) atoms. The van der Waals surface area contributed by atoms with Crippen LogP contribution in [0.1, 0.15) is 0 Å². The van der Waals surface area contributed by atoms with Gasteiger partial charge in [0.1, 0.15) is 11.2 Å². The Morgan fingerprint density at radius 2 is 0.776 bits per heavy atom. The summed E-state index contributed by atoms with van der Waals surface area (Å²) in [6.07, 6.45) is 0. The van der Waals surface area contributed by atoms with Gasteiger partial charge in [-0.15, -0.1) is 0 Å². The molecule has 0 spiro atoms. The van der Waals surface area contributed by atoms with Crippen LogP contribution in [0.2, 0.25) is 0 Å². The van der Waals surface area contributed by atoms with Gasteiger partial charge in [-0.25, -0.2) is 15.0 Å². The van der Waals surface area contributed by atoms with Crippen LogP contribution in [0.5, 0.6) is 0 Å². The van der Waals surface area contributed by atoms with Crippen LogP contribution in [0.3, 0.4) is 0 Å². The highest BCUT2D eigenvalue weighted by Gasteiger charge is 2.21. The van der Waals surface area contributed by atoms with Gasteiger partial charge in [-0.2, -0.15) is 0 Å². The Hall–Kier alpha value is -8.99. The molecule has 2 aromatic heterocycles. The van der Waals surface area contributed by atoms with Crippen molar-refractivity contribution in [3.63, 3.8) is 0 Å². The molecule has 0 aliphatic rings. The van der Waals surface area contributed by atoms with Crippen LogP contribution in [0, 0.1) is 0 Å². The van der Waals surface area contributed by atoms with Crippen molar-refractivity contribution in [2.45, 2.75) is 0 Å². The zero-order valence-electron chi connectivity index (χ0n) is 36.1. The summed E-state index contributed by atoms with van der Waals surface area (Å²) >= 11 is 0. The first-order valence-electron chi connectivity index (χ1n) is 22.7. The van der Waals surface area contributed by atoms with Gasteiger partial charge >= 0.3 is 0 Å². The van der Waals surface area contributed by atoms with Gasteiger partial charge in [-0.05, 0) is 100 Å². The smallest absolute Gasteiger partial charge is 0.164 e. The van der Waals surface area contributed by atoms with Crippen LogP contribution in [-0.4, -0.2) is 15.0 Å². The lowest BCUT2D eigenvalue weighted by Gasteiger charge is -2.13. The van der Waals surface area contributed by atoms with Crippen molar-refractivity contribution in [1.29, 1.82) is 0 Å². The van der Waals surface area contributed by atoms with Crippen LogP contribution in [0.4, 0.5) is 0 Å². The molecule has 310 valence electrons. The van der Waals surface area contributed by atoms with Gasteiger partial charge in [-0.1, -0.05) is 200 Å². The van der Waals surface area contributed by atoms with Gasteiger partial charge in [0.05, 0.1) is 0 Å². The maximum Gasteiger partial charge on any atom is 0.164 e. The number of benzene rings is 12. The molecular formula is C63H37N3O. The first-order chi connectivity index (χ1) is 33.2. The fraction of sp³-hybridized carbons (Fsp3) is 0. The highest BCUT2D eigenvalue weighted by atomic mass is 16.3. The number of hydrogen-bond acceptors (Lipinski definition) is 4. The first kappa shape index (κ1) is 37.4. The van der Waals surface area contributed by atoms with E-state index in [1.54, 1.807) is 0 Å². The van der Waals surface area contributed by atoms with Crippen molar-refractivity contribution < 1.29 is 4.42 Å². The lowest BCUT2D eigenvalue weighted by atomic mass is 9.90. The van der Waals surface area contributed by atoms with E-state index in [0.717, 1.165) is 82.1 Å². The number of fused-ring (bicyclic) bond motifs is 13. The third-order valence-corrected chi connectivity index (χ3v) is 13.7. The Kier molecular flexibility index (Phi) is 8.25. The van der Waals surface area contributed by atoms with Crippen molar-refractivity contribution in [3.05, 3.63) is 224 Å². The summed E-state index contributed by atoms with van der Waals surface area (Å²) in [6.45, 7) is 0. The third-order valence-electron chi connectivity index (χ3n) is 13.7. The molecule has 0 bridgehead atoms. The number of hydrogen-bond donors (Lipinski definition) is 0. The van der Waals surface area contributed by atoms with Crippen LogP contribution in [0.15, 0.2) is 229 Å². The van der Waals surface area contributed by atoms with Crippen molar-refractivity contribution in [3.8, 4) is 56.4 Å². The standard InChI is InChI=1S/C63H37N3O/c1-2-13-38(14-3-1)39-25-27-41(28-26-39)61-64-62(66-63(65-61)54-24-12-17-40-15-4-6-18-47(40)54)46-32-30-42-35-45(31-29-43(42)36-46)57-48-19-7-5-16-44(48)37-56-59(57)55-34-33-53-51-22-9-8-20-49(51)50-21-10-11-23-52(50)58(53)60(55)67-56/h1-37H. The molecule has 0 atom stereocenters. The molecule has 4 heteroatoms. The average molecular weight is 852 g/mol. The maximum absolute atomic E-state index is 7.06. The summed E-state index contributed by atoms with van der Waals surface area (Å²) in [5, 5.41) is 16.3. The Balaban J connectivity index is 0.934. The molecule has 12 aromatic carbocycles. The van der Waals surface area contributed by atoms with Crippen LogP contribution in [-0.2, 0) is 0 Å². The molecule has 0 fully saturated rings. The van der Waals surface area contributed by atoms with Gasteiger partial charge < -0.3 is 4.42 Å². The molecule has 2 heterocycles. The zero-order chi connectivity index (χ0) is 44.0. The fourth-order valence-electron chi connectivity index (χ4n) is 10.5. The second kappa shape index (κ2) is 14.8. The number of furan rings is 1. The van der Waals surface area contributed by atoms with Gasteiger partial charge in [0.2, 0.25) is 0 Å². The average Bonchev–Trinajstić information content (AvgIpc) is 3.78. The second-order valence-corrected chi connectivity index (χ2v) is 17.5. The van der Waals surface area contributed by atoms with E-state index in [2.05, 4.69) is 218 Å². The maximum atomic E-state index is 7.06. The van der Waals surface area contributed by atoms with Crippen LogP contribution in [0.25, 0.3) is 143 Å². The first-order valence-corrected chi connectivity index (χ1v) is 22.7. The van der Waals surface area contributed by atoms with Gasteiger partial charge in [0.25, 0.3) is 0 Å². The predicted octanol–water partition coefficient (Wildman–Crippen LogP) is 17.0. The third kappa shape index (κ3) is 5.97. The van der Waals surface area contributed by atoms with E-state index in [1.165, 1.54) is 43.4 Å². The quantitative estimate of drug-likeness (QED) is 0.162. The Morgan fingerprint density at radius 3 is 1.54 bits per heavy atom. The predicted molar refractivity (Wildman–Crippen MR) is 279 cm³/mol. The molecule has 14 aromatic rings. The summed E-state index contributed by atoms with van der Waals surface area (Å²) in [4.78, 5) is 15.5. The van der Waals surface area contributed by atoms with Gasteiger partial charge in [0.15, 0.2) is 17.5 Å². The number of rotatable bonds is 5. The normalized spacial score (nSPS) is 11.9. The molecular weight excluding hydrogens is 815 g/mol. The lowest BCUT2D eigenvalue weighted by Crippen LogP contribution is -2.00. The van der Waals surface area contributed by atoms with Crippen molar-refractivity contribution in [1.82, 2.24) is 15.0 Å². The summed E-state index contributed by atoms with van der Waals surface area (Å²) in [7, 11) is 0. The minimum absolute atomic E-state index is 0.624. The fourth-order valence-corrected chi connectivity index (χ4v) is 10.5. The van der Waals surface area contributed by atoms with E-state index < -0.39 is 0 Å². The van der Waals surface area contributed by atoms with E-state index in [0.29, 0.717) is 17.5 Å². The zero-order valence-corrected chi connectivity index (χ0v) is 36.1. The summed E-state index contributed by atoms with van der Waals surface area (Å²) < 4.78 is 7.06. The number of aromatic nitrogens is 3. The summed E-state index contributed by atoms with van der Waals surface area (Å²) in [5.74, 6) is 1.89. The molecule has 0 unspecified atom stereocenters. The van der Waals surface area contributed by atoms with E-state index >= 15 is 0 Å². The monoisotopic (exact) mass is 851 g/mol. The minimum atomic E-state index is 0.624. The molecule has 0 radical (unpaired) electrons. The summed E-state index contributed by atoms with van der Waals surface area (Å²) in [6, 6.07) is 79.9. The molecule has 0 saturated carbocycles. The highest BCUT2D eigenvalue weighted by Crippen LogP contribution is 2.47. The van der Waals surface area contributed by atoms with Gasteiger partial charge in [0, 0.05) is 38.4 Å². The van der Waals surface area contributed by atoms with Crippen molar-refractivity contribution >= 4 is 86.6 Å². The van der Waals surface area contributed by atoms with Crippen molar-refractivity contribution in [2.24, 2.45) is 0 Å². The molecule has 14 rings (SSSR count). The van der Waals surface area contributed by atoms with Crippen LogP contribution >= 0.6 is 0 Å². The van der Waals surface area contributed by atoms with Crippen molar-refractivity contribution in [2.75, 3.05) is 0 Å². The molecule has 0 amide bonds. The van der Waals surface area contributed by atoms with Gasteiger partial charge in [-0.3, -0.25) is 0 Å². The highest BCUT2D eigenvalue weighted by molar-refractivity contribution is 6.34. The van der Waals surface area contributed by atoms with E-state index in [1.807, 2.05) is 6.07 Å².